The van der Waals surface area contributed by atoms with E-state index in [1.165, 1.54) is 5.56 Å². The van der Waals surface area contributed by atoms with E-state index in [2.05, 4.69) is 76.7 Å². The van der Waals surface area contributed by atoms with Crippen LogP contribution in [0, 0.1) is 0 Å². The minimum absolute atomic E-state index is 0.0907. The zero-order valence-electron chi connectivity index (χ0n) is 17.4. The second-order valence-electron chi connectivity index (χ2n) is 9.35. The monoisotopic (exact) mass is 354 g/mol. The van der Waals surface area contributed by atoms with E-state index in [9.17, 15) is 5.11 Å². The molecule has 0 fully saturated rings. The fourth-order valence-corrected chi connectivity index (χ4v) is 3.17. The Morgan fingerprint density at radius 2 is 1.54 bits per heavy atom. The van der Waals surface area contributed by atoms with Gasteiger partial charge in [-0.2, -0.15) is 0 Å². The van der Waals surface area contributed by atoms with Crippen molar-refractivity contribution in [3.05, 3.63) is 58.9 Å². The van der Waals surface area contributed by atoms with Gasteiger partial charge in [0.2, 0.25) is 0 Å². The lowest BCUT2D eigenvalue weighted by molar-refractivity contribution is 0.328. The molecule has 26 heavy (non-hydrogen) atoms. The molecule has 0 amide bonds. The summed E-state index contributed by atoms with van der Waals surface area (Å²) in [7, 11) is 2.14. The van der Waals surface area contributed by atoms with Crippen molar-refractivity contribution in [2.75, 3.05) is 13.6 Å². The van der Waals surface area contributed by atoms with Gasteiger partial charge in [0.1, 0.15) is 5.75 Å². The molecule has 0 bridgehead atoms. The van der Waals surface area contributed by atoms with Gasteiger partial charge in [-0.1, -0.05) is 59.7 Å². The Kier molecular flexibility index (Phi) is 6.13. The molecule has 1 N–H and O–H groups in total. The zero-order chi connectivity index (χ0) is 19.5. The van der Waals surface area contributed by atoms with Crippen LogP contribution in [0.3, 0.4) is 0 Å². The van der Waals surface area contributed by atoms with E-state index in [1.807, 2.05) is 18.3 Å². The number of nitrogens with zero attached hydrogens (tertiary/aromatic N) is 2. The molecule has 0 spiro atoms. The van der Waals surface area contributed by atoms with Crippen LogP contribution in [0.4, 0.5) is 0 Å². The van der Waals surface area contributed by atoms with Crippen LogP contribution in [0.15, 0.2) is 36.5 Å². The van der Waals surface area contributed by atoms with Gasteiger partial charge < -0.3 is 10.0 Å². The van der Waals surface area contributed by atoms with E-state index >= 15 is 0 Å². The molecule has 3 nitrogen and oxygen atoms in total. The number of likely N-dealkylation sites (N-methyl/N-ethyl adjacent to an activating group) is 1. The highest BCUT2D eigenvalue weighted by molar-refractivity contribution is 5.49. The Morgan fingerprint density at radius 1 is 0.962 bits per heavy atom. The average molecular weight is 355 g/mol. The van der Waals surface area contributed by atoms with Crippen molar-refractivity contribution in [2.45, 2.75) is 65.3 Å². The summed E-state index contributed by atoms with van der Waals surface area (Å²) in [5, 5.41) is 10.8. The number of pyridine rings is 1. The van der Waals surface area contributed by atoms with Crippen LogP contribution in [0.2, 0.25) is 0 Å². The Hall–Kier alpha value is -1.87. The van der Waals surface area contributed by atoms with Gasteiger partial charge >= 0.3 is 0 Å². The van der Waals surface area contributed by atoms with E-state index in [1.54, 1.807) is 0 Å². The van der Waals surface area contributed by atoms with Gasteiger partial charge in [-0.25, -0.2) is 0 Å². The first-order valence-corrected chi connectivity index (χ1v) is 9.44. The topological polar surface area (TPSA) is 36.4 Å². The van der Waals surface area contributed by atoms with Gasteiger partial charge in [0.15, 0.2) is 0 Å². The molecule has 1 aromatic heterocycles. The number of phenols is 1. The number of benzene rings is 1. The number of rotatable bonds is 5. The highest BCUT2D eigenvalue weighted by atomic mass is 16.3. The average Bonchev–Trinajstić information content (AvgIpc) is 2.53. The van der Waals surface area contributed by atoms with E-state index in [0.29, 0.717) is 5.75 Å². The van der Waals surface area contributed by atoms with Crippen molar-refractivity contribution in [3.8, 4) is 5.75 Å². The third-order valence-electron chi connectivity index (χ3n) is 4.71. The summed E-state index contributed by atoms with van der Waals surface area (Å²) in [6, 6.07) is 10.4. The Bertz CT molecular complexity index is 689. The molecule has 2 aromatic rings. The number of aromatic nitrogens is 1. The highest BCUT2D eigenvalue weighted by Crippen LogP contribution is 2.39. The van der Waals surface area contributed by atoms with Crippen molar-refractivity contribution in [2.24, 2.45) is 0 Å². The van der Waals surface area contributed by atoms with Crippen LogP contribution in [0.5, 0.6) is 5.75 Å². The highest BCUT2D eigenvalue weighted by Gasteiger charge is 2.26. The van der Waals surface area contributed by atoms with Crippen molar-refractivity contribution in [1.29, 1.82) is 0 Å². The molecule has 0 atom stereocenters. The maximum absolute atomic E-state index is 10.8. The van der Waals surface area contributed by atoms with Gasteiger partial charge in [0.25, 0.3) is 0 Å². The fourth-order valence-electron chi connectivity index (χ4n) is 3.17. The normalized spacial score (nSPS) is 12.6. The van der Waals surface area contributed by atoms with E-state index in [-0.39, 0.29) is 10.8 Å². The largest absolute Gasteiger partial charge is 0.507 e. The predicted octanol–water partition coefficient (Wildman–Crippen LogP) is 5.06. The van der Waals surface area contributed by atoms with Crippen molar-refractivity contribution in [3.63, 3.8) is 0 Å². The van der Waals surface area contributed by atoms with Crippen LogP contribution in [-0.4, -0.2) is 28.6 Å². The summed E-state index contributed by atoms with van der Waals surface area (Å²) < 4.78 is 0. The molecule has 0 saturated carbocycles. The molecule has 0 aliphatic carbocycles. The molecular weight excluding hydrogens is 320 g/mol. The quantitative estimate of drug-likeness (QED) is 0.815. The lowest BCUT2D eigenvalue weighted by Gasteiger charge is -2.29. The first-order chi connectivity index (χ1) is 12.0. The molecule has 2 rings (SSSR count). The molecule has 3 heteroatoms. The fraction of sp³-hybridized carbons (Fsp3) is 0.522. The first kappa shape index (κ1) is 20.4. The third-order valence-corrected chi connectivity index (χ3v) is 4.71. The second kappa shape index (κ2) is 7.79. The number of aromatic hydroxyl groups is 1. The standard InChI is InChI=1S/C23H34N2O/c1-22(2,3)19-14-17(15-20(21(19)26)23(4,5)6)16-25(7)13-11-18-10-8-9-12-24-18/h8-10,12,14-15,26H,11,13,16H2,1-7H3. The van der Waals surface area contributed by atoms with Crippen molar-refractivity contribution in [1.82, 2.24) is 9.88 Å². The van der Waals surface area contributed by atoms with Crippen molar-refractivity contribution >= 4 is 0 Å². The molecular formula is C23H34N2O. The minimum atomic E-state index is -0.0907. The van der Waals surface area contributed by atoms with Crippen molar-refractivity contribution < 1.29 is 5.11 Å². The molecule has 0 unspecified atom stereocenters. The van der Waals surface area contributed by atoms with Gasteiger partial charge in [0.05, 0.1) is 0 Å². The van der Waals surface area contributed by atoms with Gasteiger partial charge in [-0.15, -0.1) is 0 Å². The number of hydrogen-bond donors (Lipinski definition) is 1. The van der Waals surface area contributed by atoms with Gasteiger partial charge in [-0.05, 0) is 46.7 Å². The first-order valence-electron chi connectivity index (χ1n) is 9.44. The van der Waals surface area contributed by atoms with Crippen LogP contribution in [0.25, 0.3) is 0 Å². The molecule has 0 aliphatic heterocycles. The Labute approximate surface area is 159 Å². The molecule has 0 aliphatic rings. The van der Waals surface area contributed by atoms with Crippen LogP contribution >= 0.6 is 0 Å². The summed E-state index contributed by atoms with van der Waals surface area (Å²) in [6.07, 6.45) is 2.79. The Balaban J connectivity index is 2.22. The molecule has 142 valence electrons. The lowest BCUT2D eigenvalue weighted by Crippen LogP contribution is -2.23. The molecule has 0 radical (unpaired) electrons. The molecule has 0 saturated heterocycles. The third kappa shape index (κ3) is 5.31. The van der Waals surface area contributed by atoms with E-state index in [4.69, 9.17) is 0 Å². The van der Waals surface area contributed by atoms with Crippen LogP contribution in [0.1, 0.15) is 63.9 Å². The summed E-state index contributed by atoms with van der Waals surface area (Å²) in [4.78, 5) is 6.72. The lowest BCUT2D eigenvalue weighted by atomic mass is 9.78. The summed E-state index contributed by atoms with van der Waals surface area (Å²) in [5.74, 6) is 0.449. The molecule has 1 heterocycles. The summed E-state index contributed by atoms with van der Waals surface area (Å²) in [6.45, 7) is 14.7. The van der Waals surface area contributed by atoms with E-state index in [0.717, 1.165) is 36.3 Å². The Morgan fingerprint density at radius 3 is 2.00 bits per heavy atom. The maximum Gasteiger partial charge on any atom is 0.123 e. The SMILES string of the molecule is CN(CCc1ccccn1)Cc1cc(C(C)(C)C)c(O)c(C(C)(C)C)c1. The van der Waals surface area contributed by atoms with Gasteiger partial charge in [-0.3, -0.25) is 4.98 Å². The second-order valence-corrected chi connectivity index (χ2v) is 9.35. The summed E-state index contributed by atoms with van der Waals surface area (Å²) in [5.41, 5.74) is 4.24. The zero-order valence-corrected chi connectivity index (χ0v) is 17.4. The van der Waals surface area contributed by atoms with Gasteiger partial charge in [0, 0.05) is 31.4 Å². The van der Waals surface area contributed by atoms with E-state index < -0.39 is 0 Å². The number of phenolic OH excluding ortho intramolecular Hbond substituents is 1. The van der Waals surface area contributed by atoms with Crippen LogP contribution in [-0.2, 0) is 23.8 Å². The smallest absolute Gasteiger partial charge is 0.123 e. The van der Waals surface area contributed by atoms with Crippen LogP contribution < -0.4 is 0 Å². The maximum atomic E-state index is 10.8. The predicted molar refractivity (Wildman–Crippen MR) is 110 cm³/mol. The summed E-state index contributed by atoms with van der Waals surface area (Å²) >= 11 is 0. The minimum Gasteiger partial charge on any atom is -0.507 e. The number of hydrogen-bond acceptors (Lipinski definition) is 3. The molecule has 1 aromatic carbocycles.